The molecule has 1 heterocycles. The van der Waals surface area contributed by atoms with Gasteiger partial charge in [0.2, 0.25) is 0 Å². The van der Waals surface area contributed by atoms with Gasteiger partial charge in [-0.25, -0.2) is 4.39 Å². The van der Waals surface area contributed by atoms with Crippen molar-refractivity contribution in [3.8, 4) is 5.75 Å². The molecule has 96 valence electrons. The Balaban J connectivity index is 2.50. The van der Waals surface area contributed by atoms with E-state index in [2.05, 4.69) is 49.5 Å². The van der Waals surface area contributed by atoms with Crippen LogP contribution in [0.25, 0.3) is 0 Å². The molecule has 0 aliphatic heterocycles. The summed E-state index contributed by atoms with van der Waals surface area (Å²) in [6.07, 6.45) is 0. The summed E-state index contributed by atoms with van der Waals surface area (Å²) in [4.78, 5) is -0.00407. The minimum atomic E-state index is -0.322. The molecule has 1 aromatic heterocycles. The Labute approximate surface area is 126 Å². The van der Waals surface area contributed by atoms with E-state index in [4.69, 9.17) is 4.74 Å². The molecule has 1 unspecified atom stereocenters. The molecule has 18 heavy (non-hydrogen) atoms. The summed E-state index contributed by atoms with van der Waals surface area (Å²) in [6, 6.07) is 3.15. The van der Waals surface area contributed by atoms with Crippen LogP contribution < -0.4 is 4.74 Å². The number of halogens is 3. The lowest BCUT2D eigenvalue weighted by atomic mass is 10.0. The highest BCUT2D eigenvalue weighted by Gasteiger charge is 2.19. The van der Waals surface area contributed by atoms with Crippen LogP contribution in [0.15, 0.2) is 27.4 Å². The quantitative estimate of drug-likeness (QED) is 0.630. The van der Waals surface area contributed by atoms with Crippen molar-refractivity contribution < 1.29 is 9.13 Å². The van der Waals surface area contributed by atoms with Gasteiger partial charge in [-0.2, -0.15) is 11.3 Å². The third-order valence-corrected chi connectivity index (χ3v) is 5.19. The van der Waals surface area contributed by atoms with E-state index < -0.39 is 0 Å². The zero-order valence-corrected chi connectivity index (χ0v) is 13.8. The fraction of sp³-hybridized carbons (Fsp3) is 0.231. The van der Waals surface area contributed by atoms with E-state index in [9.17, 15) is 4.39 Å². The predicted octanol–water partition coefficient (Wildman–Crippen LogP) is 5.45. The normalized spacial score (nSPS) is 12.5. The summed E-state index contributed by atoms with van der Waals surface area (Å²) in [7, 11) is 1.55. The molecule has 0 spiro atoms. The molecule has 0 saturated heterocycles. The first-order valence-corrected chi connectivity index (χ1v) is 7.89. The highest BCUT2D eigenvalue weighted by molar-refractivity contribution is 9.10. The molecular weight excluding hydrogens is 383 g/mol. The molecular formula is C13H11Br2FOS. The van der Waals surface area contributed by atoms with Crippen LogP contribution in [0, 0.1) is 12.7 Å². The van der Waals surface area contributed by atoms with Crippen molar-refractivity contribution in [1.82, 2.24) is 0 Å². The molecule has 2 rings (SSSR count). The van der Waals surface area contributed by atoms with Crippen molar-refractivity contribution in [2.45, 2.75) is 11.8 Å². The maximum atomic E-state index is 13.5. The second-order valence-corrected chi connectivity index (χ2v) is 6.39. The van der Waals surface area contributed by atoms with Gasteiger partial charge in [-0.3, -0.25) is 0 Å². The predicted molar refractivity (Wildman–Crippen MR) is 80.5 cm³/mol. The fourth-order valence-electron chi connectivity index (χ4n) is 1.72. The third kappa shape index (κ3) is 2.63. The summed E-state index contributed by atoms with van der Waals surface area (Å²) in [5, 5.41) is 4.18. The first-order chi connectivity index (χ1) is 8.54. The van der Waals surface area contributed by atoms with Gasteiger partial charge >= 0.3 is 0 Å². The van der Waals surface area contributed by atoms with E-state index >= 15 is 0 Å². The van der Waals surface area contributed by atoms with Gasteiger partial charge in [0.1, 0.15) is 11.6 Å². The molecule has 1 aromatic carbocycles. The first kappa shape index (κ1) is 14.0. The lowest BCUT2D eigenvalue weighted by Crippen LogP contribution is -1.99. The summed E-state index contributed by atoms with van der Waals surface area (Å²) in [5.74, 6) is 0.223. The van der Waals surface area contributed by atoms with Crippen LogP contribution in [0.1, 0.15) is 21.5 Å². The van der Waals surface area contributed by atoms with Crippen LogP contribution >= 0.6 is 43.2 Å². The Morgan fingerprint density at radius 3 is 2.56 bits per heavy atom. The standard InChI is InChI=1S/C13H11Br2FOS/c1-7-5-18-6-9(7)13(15)8-3-10(14)11(16)4-12(8)17-2/h3-6,13H,1-2H3. The van der Waals surface area contributed by atoms with E-state index in [1.54, 1.807) is 24.5 Å². The van der Waals surface area contributed by atoms with Crippen molar-refractivity contribution in [2.75, 3.05) is 7.11 Å². The summed E-state index contributed by atoms with van der Waals surface area (Å²) < 4.78 is 19.2. The average molecular weight is 394 g/mol. The van der Waals surface area contributed by atoms with Gasteiger partial charge in [0.05, 0.1) is 16.4 Å². The van der Waals surface area contributed by atoms with Crippen molar-refractivity contribution in [2.24, 2.45) is 0 Å². The summed E-state index contributed by atoms with van der Waals surface area (Å²) in [6.45, 7) is 2.06. The van der Waals surface area contributed by atoms with Gasteiger partial charge in [0, 0.05) is 11.6 Å². The second kappa shape index (κ2) is 5.72. The number of methoxy groups -OCH3 is 1. The van der Waals surface area contributed by atoms with Crippen LogP contribution in [-0.4, -0.2) is 7.11 Å². The molecule has 2 aromatic rings. The summed E-state index contributed by atoms with van der Waals surface area (Å²) in [5.41, 5.74) is 3.30. The van der Waals surface area contributed by atoms with Crippen molar-refractivity contribution >= 4 is 43.2 Å². The Hall–Kier alpha value is -0.390. The highest BCUT2D eigenvalue weighted by Crippen LogP contribution is 2.41. The van der Waals surface area contributed by atoms with E-state index in [1.807, 2.05) is 0 Å². The number of hydrogen-bond donors (Lipinski definition) is 0. The number of rotatable bonds is 3. The largest absolute Gasteiger partial charge is 0.496 e. The SMILES string of the molecule is COc1cc(F)c(Br)cc1C(Br)c1cscc1C. The lowest BCUT2D eigenvalue weighted by Gasteiger charge is -2.15. The minimum absolute atomic E-state index is 0.00407. The molecule has 1 atom stereocenters. The first-order valence-electron chi connectivity index (χ1n) is 5.24. The number of ether oxygens (including phenoxy) is 1. The van der Waals surface area contributed by atoms with Crippen molar-refractivity contribution in [1.29, 1.82) is 0 Å². The molecule has 0 radical (unpaired) electrons. The maximum Gasteiger partial charge on any atom is 0.141 e. The smallest absolute Gasteiger partial charge is 0.141 e. The number of benzene rings is 1. The van der Waals surface area contributed by atoms with Crippen molar-refractivity contribution in [3.63, 3.8) is 0 Å². The van der Waals surface area contributed by atoms with Gasteiger partial charge in [0.15, 0.2) is 0 Å². The maximum absolute atomic E-state index is 13.5. The Kier molecular flexibility index (Phi) is 4.45. The summed E-state index contributed by atoms with van der Waals surface area (Å²) >= 11 is 8.52. The van der Waals surface area contributed by atoms with Crippen LogP contribution in [0.4, 0.5) is 4.39 Å². The third-order valence-electron chi connectivity index (χ3n) is 2.71. The van der Waals surface area contributed by atoms with Gasteiger partial charge in [-0.15, -0.1) is 0 Å². The average Bonchev–Trinajstić information content (AvgIpc) is 2.77. The molecule has 0 fully saturated rings. The molecule has 0 N–H and O–H groups in total. The zero-order valence-electron chi connectivity index (χ0n) is 9.84. The Bertz CT molecular complexity index is 568. The molecule has 0 bridgehead atoms. The molecule has 5 heteroatoms. The van der Waals surface area contributed by atoms with Gasteiger partial charge in [0.25, 0.3) is 0 Å². The van der Waals surface area contributed by atoms with Crippen LogP contribution in [0.3, 0.4) is 0 Å². The fourth-order valence-corrected chi connectivity index (χ4v) is 3.98. The second-order valence-electron chi connectivity index (χ2n) is 3.88. The Morgan fingerprint density at radius 2 is 2.00 bits per heavy atom. The number of hydrogen-bond acceptors (Lipinski definition) is 2. The minimum Gasteiger partial charge on any atom is -0.496 e. The zero-order chi connectivity index (χ0) is 13.3. The molecule has 0 saturated carbocycles. The van der Waals surface area contributed by atoms with E-state index in [1.165, 1.54) is 17.2 Å². The number of aryl methyl sites for hydroxylation is 1. The lowest BCUT2D eigenvalue weighted by molar-refractivity contribution is 0.406. The number of alkyl halides is 1. The van der Waals surface area contributed by atoms with Crippen molar-refractivity contribution in [3.05, 3.63) is 49.9 Å². The Morgan fingerprint density at radius 1 is 1.28 bits per heavy atom. The molecule has 0 aliphatic rings. The monoisotopic (exact) mass is 392 g/mol. The van der Waals surface area contributed by atoms with Crippen LogP contribution in [0.2, 0.25) is 0 Å². The molecule has 0 aliphatic carbocycles. The topological polar surface area (TPSA) is 9.23 Å². The van der Waals surface area contributed by atoms with Crippen LogP contribution in [0.5, 0.6) is 5.75 Å². The highest BCUT2D eigenvalue weighted by atomic mass is 79.9. The van der Waals surface area contributed by atoms with Gasteiger partial charge in [-0.1, -0.05) is 15.9 Å². The van der Waals surface area contributed by atoms with Gasteiger partial charge in [-0.05, 0) is 50.8 Å². The van der Waals surface area contributed by atoms with E-state index in [0.717, 1.165) is 5.56 Å². The van der Waals surface area contributed by atoms with Crippen LogP contribution in [-0.2, 0) is 0 Å². The van der Waals surface area contributed by atoms with E-state index in [-0.39, 0.29) is 10.6 Å². The van der Waals surface area contributed by atoms with E-state index in [0.29, 0.717) is 10.2 Å². The molecule has 0 amide bonds. The molecule has 1 nitrogen and oxygen atoms in total. The van der Waals surface area contributed by atoms with Gasteiger partial charge < -0.3 is 4.74 Å². The number of thiophene rings is 1.